The molecule has 1 aliphatic rings. The first-order chi connectivity index (χ1) is 15.3. The van der Waals surface area contributed by atoms with Crippen molar-refractivity contribution >= 4 is 58.2 Å². The normalized spacial score (nSPS) is 13.2. The van der Waals surface area contributed by atoms with E-state index in [9.17, 15) is 4.79 Å². The number of halogens is 2. The van der Waals surface area contributed by atoms with E-state index in [2.05, 4.69) is 20.4 Å². The summed E-state index contributed by atoms with van der Waals surface area (Å²) in [5.41, 5.74) is 7.48. The third kappa shape index (κ3) is 3.49. The van der Waals surface area contributed by atoms with Crippen molar-refractivity contribution in [2.45, 2.75) is 6.54 Å². The summed E-state index contributed by atoms with van der Waals surface area (Å²) in [5, 5.41) is 7.46. The summed E-state index contributed by atoms with van der Waals surface area (Å²) in [6, 6.07) is 1.17. The molecule has 0 aliphatic carbocycles. The maximum absolute atomic E-state index is 13.3. The monoisotopic (exact) mass is 478 g/mol. The van der Waals surface area contributed by atoms with Crippen LogP contribution in [0.1, 0.15) is 5.56 Å². The van der Waals surface area contributed by atoms with Crippen LogP contribution in [0.5, 0.6) is 11.5 Å². The van der Waals surface area contributed by atoms with Crippen LogP contribution in [0.4, 0.5) is 33.8 Å². The number of ether oxygens (including phenoxy) is 2. The quantitative estimate of drug-likeness (QED) is 0.571. The molecule has 0 atom stereocenters. The number of rotatable bonds is 5. The maximum atomic E-state index is 13.3. The van der Waals surface area contributed by atoms with E-state index in [1.165, 1.54) is 28.7 Å². The summed E-state index contributed by atoms with van der Waals surface area (Å²) in [7, 11) is 6.26. The highest BCUT2D eigenvalue weighted by Gasteiger charge is 2.35. The Hall–Kier alpha value is -3.44. The lowest BCUT2D eigenvalue weighted by Gasteiger charge is -2.35. The minimum Gasteiger partial charge on any atom is -0.495 e. The van der Waals surface area contributed by atoms with Gasteiger partial charge in [0.2, 0.25) is 5.95 Å². The SMILES string of the molecule is COc1cc(OC)c(Cl)c(N2Cc3cnc(Nc4cnn(C)c4N)nc3N(C)C2=O)c1Cl. The van der Waals surface area contributed by atoms with Crippen molar-refractivity contribution in [1.29, 1.82) is 0 Å². The highest BCUT2D eigenvalue weighted by atomic mass is 35.5. The Bertz CT molecular complexity index is 1190. The predicted octanol–water partition coefficient (Wildman–Crippen LogP) is 3.44. The van der Waals surface area contributed by atoms with Crippen LogP contribution in [0.3, 0.4) is 0 Å². The van der Waals surface area contributed by atoms with Gasteiger partial charge in [-0.1, -0.05) is 23.2 Å². The minimum absolute atomic E-state index is 0.142. The number of nitrogen functional groups attached to an aromatic ring is 1. The van der Waals surface area contributed by atoms with Gasteiger partial charge in [0.15, 0.2) is 0 Å². The fourth-order valence-electron chi connectivity index (χ4n) is 3.32. The van der Waals surface area contributed by atoms with Gasteiger partial charge in [-0.3, -0.25) is 14.5 Å². The van der Waals surface area contributed by atoms with Crippen molar-refractivity contribution in [2.24, 2.45) is 7.05 Å². The molecule has 0 saturated carbocycles. The largest absolute Gasteiger partial charge is 0.495 e. The van der Waals surface area contributed by atoms with Crippen LogP contribution in [0.2, 0.25) is 10.0 Å². The summed E-state index contributed by atoms with van der Waals surface area (Å²) in [6.07, 6.45) is 3.18. The molecule has 2 amide bonds. The highest BCUT2D eigenvalue weighted by Crippen LogP contribution is 2.47. The molecule has 32 heavy (non-hydrogen) atoms. The highest BCUT2D eigenvalue weighted by molar-refractivity contribution is 6.42. The molecule has 1 aromatic carbocycles. The van der Waals surface area contributed by atoms with E-state index in [-0.39, 0.29) is 34.3 Å². The number of carbonyl (C=O) groups is 1. The van der Waals surface area contributed by atoms with Crippen LogP contribution >= 0.6 is 23.2 Å². The first-order valence-electron chi connectivity index (χ1n) is 9.32. The molecular formula is C19H20Cl2N8O3. The van der Waals surface area contributed by atoms with Gasteiger partial charge in [0, 0.05) is 31.9 Å². The number of carbonyl (C=O) groups excluding carboxylic acids is 1. The molecule has 0 unspecified atom stereocenters. The number of hydrogen-bond donors (Lipinski definition) is 2. The van der Waals surface area contributed by atoms with Gasteiger partial charge in [-0.2, -0.15) is 10.1 Å². The van der Waals surface area contributed by atoms with Gasteiger partial charge in [0.05, 0.1) is 32.6 Å². The van der Waals surface area contributed by atoms with Crippen LogP contribution in [0.25, 0.3) is 0 Å². The molecule has 13 heteroatoms. The standard InChI is InChI=1S/C19H20Cl2N8O3/c1-27-17-9(6-23-18(26-17)25-10-7-24-28(2)16(10)22)8-29(19(27)30)15-13(20)11(31-3)5-12(32-4)14(15)21/h5-7H,8,22H2,1-4H3,(H,23,25,26). The Morgan fingerprint density at radius 1 is 1.12 bits per heavy atom. The molecule has 11 nitrogen and oxygen atoms in total. The van der Waals surface area contributed by atoms with Crippen LogP contribution < -0.4 is 30.3 Å². The number of methoxy groups -OCH3 is 2. The van der Waals surface area contributed by atoms with E-state index < -0.39 is 0 Å². The Balaban J connectivity index is 1.72. The molecule has 2 aromatic heterocycles. The number of benzene rings is 1. The Morgan fingerprint density at radius 2 is 1.78 bits per heavy atom. The van der Waals surface area contributed by atoms with E-state index in [0.29, 0.717) is 34.4 Å². The number of nitrogens with zero attached hydrogens (tertiary/aromatic N) is 6. The number of nitrogens with one attached hydrogen (secondary N) is 1. The molecule has 0 spiro atoms. The number of amides is 2. The zero-order valence-corrected chi connectivity index (χ0v) is 19.2. The summed E-state index contributed by atoms with van der Waals surface area (Å²) < 4.78 is 12.2. The van der Waals surface area contributed by atoms with Gasteiger partial charge in [-0.25, -0.2) is 9.78 Å². The summed E-state index contributed by atoms with van der Waals surface area (Å²) in [5.74, 6) is 1.80. The molecule has 168 valence electrons. The van der Waals surface area contributed by atoms with Gasteiger partial charge in [-0.05, 0) is 0 Å². The van der Waals surface area contributed by atoms with Crippen LogP contribution in [0, 0.1) is 0 Å². The second-order valence-electron chi connectivity index (χ2n) is 6.92. The molecular weight excluding hydrogens is 459 g/mol. The number of aryl methyl sites for hydroxylation is 1. The average Bonchev–Trinajstić information content (AvgIpc) is 3.09. The zero-order valence-electron chi connectivity index (χ0n) is 17.7. The van der Waals surface area contributed by atoms with Crippen molar-refractivity contribution in [3.05, 3.63) is 34.1 Å². The van der Waals surface area contributed by atoms with Gasteiger partial charge < -0.3 is 20.5 Å². The van der Waals surface area contributed by atoms with Crippen molar-refractivity contribution in [2.75, 3.05) is 42.1 Å². The smallest absolute Gasteiger partial charge is 0.330 e. The third-order valence-electron chi connectivity index (χ3n) is 5.06. The molecule has 3 heterocycles. The average molecular weight is 479 g/mol. The lowest BCUT2D eigenvalue weighted by Crippen LogP contribution is -2.46. The van der Waals surface area contributed by atoms with Crippen LogP contribution in [0.15, 0.2) is 18.5 Å². The third-order valence-corrected chi connectivity index (χ3v) is 5.79. The van der Waals surface area contributed by atoms with Crippen molar-refractivity contribution < 1.29 is 14.3 Å². The van der Waals surface area contributed by atoms with E-state index in [4.69, 9.17) is 38.4 Å². The second kappa shape index (κ2) is 8.24. The lowest BCUT2D eigenvalue weighted by molar-refractivity contribution is 0.251. The first-order valence-corrected chi connectivity index (χ1v) is 10.1. The van der Waals surface area contributed by atoms with Gasteiger partial charge in [0.25, 0.3) is 0 Å². The number of urea groups is 1. The maximum Gasteiger partial charge on any atom is 0.330 e. The number of anilines is 5. The van der Waals surface area contributed by atoms with E-state index >= 15 is 0 Å². The molecule has 0 fully saturated rings. The first kappa shape index (κ1) is 21.8. The van der Waals surface area contributed by atoms with Gasteiger partial charge >= 0.3 is 6.03 Å². The Morgan fingerprint density at radius 3 is 2.34 bits per heavy atom. The van der Waals surface area contributed by atoms with E-state index in [1.54, 1.807) is 32.6 Å². The molecule has 0 radical (unpaired) electrons. The lowest BCUT2D eigenvalue weighted by atomic mass is 10.2. The molecule has 1 aliphatic heterocycles. The number of aromatic nitrogens is 4. The van der Waals surface area contributed by atoms with Crippen LogP contribution in [-0.4, -0.2) is 47.0 Å². The molecule has 4 rings (SSSR count). The minimum atomic E-state index is -0.387. The fourth-order valence-corrected chi connectivity index (χ4v) is 4.02. The van der Waals surface area contributed by atoms with Gasteiger partial charge in [0.1, 0.15) is 38.9 Å². The summed E-state index contributed by atoms with van der Waals surface area (Å²) in [6.45, 7) is 0.142. The molecule has 0 saturated heterocycles. The number of fused-ring (bicyclic) bond motifs is 1. The topological polar surface area (TPSA) is 124 Å². The number of hydrogen-bond acceptors (Lipinski definition) is 8. The summed E-state index contributed by atoms with van der Waals surface area (Å²) in [4.78, 5) is 24.9. The number of nitrogens with two attached hydrogens (primary N) is 1. The van der Waals surface area contributed by atoms with Gasteiger partial charge in [-0.15, -0.1) is 0 Å². The van der Waals surface area contributed by atoms with Crippen molar-refractivity contribution in [3.8, 4) is 11.5 Å². The molecule has 3 N–H and O–H groups in total. The Labute approximate surface area is 193 Å². The molecule has 0 bridgehead atoms. The second-order valence-corrected chi connectivity index (χ2v) is 7.68. The predicted molar refractivity (Wildman–Crippen MR) is 122 cm³/mol. The van der Waals surface area contributed by atoms with E-state index in [1.807, 2.05) is 0 Å². The van der Waals surface area contributed by atoms with Crippen LogP contribution in [-0.2, 0) is 13.6 Å². The van der Waals surface area contributed by atoms with E-state index in [0.717, 1.165) is 0 Å². The molecule has 3 aromatic rings. The fraction of sp³-hybridized carbons (Fsp3) is 0.263. The zero-order chi connectivity index (χ0) is 23.2. The van der Waals surface area contributed by atoms with Crippen molar-refractivity contribution in [3.63, 3.8) is 0 Å². The van der Waals surface area contributed by atoms with Crippen molar-refractivity contribution in [1.82, 2.24) is 19.7 Å². The Kier molecular flexibility index (Phi) is 5.61. The summed E-state index contributed by atoms with van der Waals surface area (Å²) >= 11 is 13.0.